The van der Waals surface area contributed by atoms with Gasteiger partial charge in [-0.05, 0) is 31.0 Å². The average molecular weight is 469 g/mol. The molecule has 1 aliphatic rings. The number of primary amides is 1. The van der Waals surface area contributed by atoms with Crippen molar-refractivity contribution in [3.63, 3.8) is 0 Å². The molecule has 3 aromatic rings. The van der Waals surface area contributed by atoms with E-state index in [1.807, 2.05) is 0 Å². The van der Waals surface area contributed by atoms with Gasteiger partial charge in [-0.1, -0.05) is 31.0 Å². The Morgan fingerprint density at radius 2 is 1.85 bits per heavy atom. The molecule has 1 aliphatic carbocycles. The van der Waals surface area contributed by atoms with Crippen LogP contribution in [0.15, 0.2) is 42.6 Å². The molecule has 34 heavy (non-hydrogen) atoms. The first-order chi connectivity index (χ1) is 16.4. The monoisotopic (exact) mass is 468 g/mol. The van der Waals surface area contributed by atoms with Crippen LogP contribution in [-0.4, -0.2) is 35.1 Å². The van der Waals surface area contributed by atoms with Gasteiger partial charge in [-0.2, -0.15) is 0 Å². The number of carbonyl (C=O) groups is 1. The number of ether oxygens (including phenoxy) is 1. The molecule has 2 aromatic heterocycles. The fraction of sp³-hybridized carbons (Fsp3) is 0.292. The molecular formula is C24H26F2N6O2. The van der Waals surface area contributed by atoms with Gasteiger partial charge in [-0.25, -0.2) is 18.7 Å². The van der Waals surface area contributed by atoms with Crippen molar-refractivity contribution in [1.29, 1.82) is 0 Å². The maximum absolute atomic E-state index is 14.8. The van der Waals surface area contributed by atoms with E-state index in [-0.39, 0.29) is 40.7 Å². The third-order valence-electron chi connectivity index (χ3n) is 5.85. The Balaban J connectivity index is 1.71. The number of hydrogen-bond acceptors (Lipinski definition) is 7. The van der Waals surface area contributed by atoms with E-state index in [0.717, 1.165) is 31.7 Å². The smallest absolute Gasteiger partial charge is 0.252 e. The van der Waals surface area contributed by atoms with Crippen LogP contribution in [0.1, 0.15) is 36.0 Å². The fourth-order valence-corrected chi connectivity index (χ4v) is 4.08. The van der Waals surface area contributed by atoms with Crippen LogP contribution in [0.4, 0.5) is 26.1 Å². The molecule has 2 heterocycles. The van der Waals surface area contributed by atoms with Gasteiger partial charge in [-0.3, -0.25) is 4.79 Å². The SMILES string of the molecule is COc1ncc(Nc2nc(NC3CCCC[C@@H]3N)c(F)cc2C(N)=O)cc1-c1ccccc1F. The van der Waals surface area contributed by atoms with Crippen LogP contribution in [0.3, 0.4) is 0 Å². The van der Waals surface area contributed by atoms with Crippen molar-refractivity contribution in [2.24, 2.45) is 11.5 Å². The number of carbonyl (C=O) groups excluding carboxylic acids is 1. The molecule has 6 N–H and O–H groups in total. The predicted molar refractivity (Wildman–Crippen MR) is 126 cm³/mol. The fourth-order valence-electron chi connectivity index (χ4n) is 4.08. The van der Waals surface area contributed by atoms with Gasteiger partial charge >= 0.3 is 0 Å². The highest BCUT2D eigenvalue weighted by molar-refractivity contribution is 5.98. The van der Waals surface area contributed by atoms with Gasteiger partial charge in [0.05, 0.1) is 24.6 Å². The van der Waals surface area contributed by atoms with Crippen LogP contribution in [0.5, 0.6) is 5.88 Å². The van der Waals surface area contributed by atoms with Crippen molar-refractivity contribution in [1.82, 2.24) is 9.97 Å². The van der Waals surface area contributed by atoms with E-state index in [0.29, 0.717) is 11.3 Å². The summed E-state index contributed by atoms with van der Waals surface area (Å²) in [7, 11) is 1.43. The van der Waals surface area contributed by atoms with E-state index in [1.54, 1.807) is 24.3 Å². The summed E-state index contributed by atoms with van der Waals surface area (Å²) in [5.41, 5.74) is 12.6. The molecule has 10 heteroatoms. The van der Waals surface area contributed by atoms with Gasteiger partial charge < -0.3 is 26.8 Å². The number of benzene rings is 1. The number of methoxy groups -OCH3 is 1. The molecule has 4 rings (SSSR count). The Labute approximate surface area is 195 Å². The number of hydrogen-bond donors (Lipinski definition) is 4. The lowest BCUT2D eigenvalue weighted by Gasteiger charge is -2.30. The largest absolute Gasteiger partial charge is 0.481 e. The minimum atomic E-state index is -0.856. The Bertz CT molecular complexity index is 1210. The first-order valence-corrected chi connectivity index (χ1v) is 11.0. The average Bonchev–Trinajstić information content (AvgIpc) is 2.82. The van der Waals surface area contributed by atoms with Gasteiger partial charge in [0.1, 0.15) is 11.6 Å². The summed E-state index contributed by atoms with van der Waals surface area (Å²) in [5.74, 6) is -1.81. The van der Waals surface area contributed by atoms with Crippen molar-refractivity contribution in [2.45, 2.75) is 37.8 Å². The lowest BCUT2D eigenvalue weighted by molar-refractivity contribution is 0.100. The van der Waals surface area contributed by atoms with Gasteiger partial charge in [0, 0.05) is 23.2 Å². The van der Waals surface area contributed by atoms with Crippen molar-refractivity contribution in [3.05, 3.63) is 59.8 Å². The molecule has 178 valence electrons. The summed E-state index contributed by atoms with van der Waals surface area (Å²) in [5, 5.41) is 6.03. The summed E-state index contributed by atoms with van der Waals surface area (Å²) in [4.78, 5) is 20.5. The minimum absolute atomic E-state index is 0.0345. The van der Waals surface area contributed by atoms with E-state index in [9.17, 15) is 13.6 Å². The van der Waals surface area contributed by atoms with Gasteiger partial charge in [0.15, 0.2) is 11.6 Å². The zero-order chi connectivity index (χ0) is 24.2. The summed E-state index contributed by atoms with van der Waals surface area (Å²) >= 11 is 0. The molecule has 8 nitrogen and oxygen atoms in total. The Kier molecular flexibility index (Phi) is 6.87. The molecule has 2 atom stereocenters. The van der Waals surface area contributed by atoms with Crippen molar-refractivity contribution in [3.8, 4) is 17.0 Å². The number of amides is 1. The first kappa shape index (κ1) is 23.4. The molecule has 0 spiro atoms. The van der Waals surface area contributed by atoms with E-state index in [4.69, 9.17) is 16.2 Å². The highest BCUT2D eigenvalue weighted by Gasteiger charge is 2.24. The first-order valence-electron chi connectivity index (χ1n) is 11.0. The molecule has 0 aliphatic heterocycles. The second-order valence-electron chi connectivity index (χ2n) is 8.16. The predicted octanol–water partition coefficient (Wildman–Crippen LogP) is 3.95. The molecule has 1 amide bonds. The normalized spacial score (nSPS) is 17.8. The number of nitrogens with two attached hydrogens (primary N) is 2. The minimum Gasteiger partial charge on any atom is -0.481 e. The molecule has 0 saturated heterocycles. The maximum atomic E-state index is 14.8. The molecular weight excluding hydrogens is 442 g/mol. The third kappa shape index (κ3) is 4.91. The van der Waals surface area contributed by atoms with Crippen LogP contribution in [-0.2, 0) is 0 Å². The number of nitrogens with zero attached hydrogens (tertiary/aromatic N) is 2. The second kappa shape index (κ2) is 10.0. The Morgan fingerprint density at radius 1 is 1.09 bits per heavy atom. The molecule has 0 radical (unpaired) electrons. The second-order valence-corrected chi connectivity index (χ2v) is 8.16. The third-order valence-corrected chi connectivity index (χ3v) is 5.85. The molecule has 1 saturated carbocycles. The Hall–Kier alpha value is -3.79. The van der Waals surface area contributed by atoms with E-state index in [1.165, 1.54) is 19.4 Å². The zero-order valence-corrected chi connectivity index (χ0v) is 18.6. The summed E-state index contributed by atoms with van der Waals surface area (Å²) < 4.78 is 34.5. The number of rotatable bonds is 7. The highest BCUT2D eigenvalue weighted by Crippen LogP contribution is 2.34. The lowest BCUT2D eigenvalue weighted by Crippen LogP contribution is -2.43. The summed E-state index contributed by atoms with van der Waals surface area (Å²) in [6.45, 7) is 0. The van der Waals surface area contributed by atoms with Crippen LogP contribution >= 0.6 is 0 Å². The van der Waals surface area contributed by atoms with Gasteiger partial charge in [-0.15, -0.1) is 0 Å². The number of halogens is 2. The van der Waals surface area contributed by atoms with E-state index < -0.39 is 17.5 Å². The van der Waals surface area contributed by atoms with Crippen molar-refractivity contribution in [2.75, 3.05) is 17.7 Å². The number of anilines is 3. The van der Waals surface area contributed by atoms with E-state index in [2.05, 4.69) is 20.6 Å². The van der Waals surface area contributed by atoms with Gasteiger partial charge in [0.25, 0.3) is 5.91 Å². The van der Waals surface area contributed by atoms with Crippen LogP contribution in [0.2, 0.25) is 0 Å². The van der Waals surface area contributed by atoms with E-state index >= 15 is 0 Å². The standard InChI is InChI=1S/C24H26F2N6O2/c1-34-24-15(14-6-2-3-7-17(14)25)10-13(12-29-24)30-22-16(21(28)33)11-18(26)23(32-22)31-20-9-5-4-8-19(20)27/h2-3,6-7,10-12,19-20H,4-5,8-9,27H2,1H3,(H2,28,33)(H2,30,31,32)/t19-,20?/m0/s1. The summed E-state index contributed by atoms with van der Waals surface area (Å²) in [6.07, 6.45) is 5.06. The van der Waals surface area contributed by atoms with Crippen LogP contribution < -0.4 is 26.8 Å². The van der Waals surface area contributed by atoms with Crippen LogP contribution in [0.25, 0.3) is 11.1 Å². The van der Waals surface area contributed by atoms with Crippen molar-refractivity contribution < 1.29 is 18.3 Å². The van der Waals surface area contributed by atoms with Gasteiger partial charge in [0.2, 0.25) is 5.88 Å². The van der Waals surface area contributed by atoms with Crippen LogP contribution in [0, 0.1) is 11.6 Å². The highest BCUT2D eigenvalue weighted by atomic mass is 19.1. The summed E-state index contributed by atoms with van der Waals surface area (Å²) in [6, 6.07) is 8.56. The lowest BCUT2D eigenvalue weighted by atomic mass is 9.91. The Morgan fingerprint density at radius 3 is 2.56 bits per heavy atom. The zero-order valence-electron chi connectivity index (χ0n) is 18.6. The molecule has 1 fully saturated rings. The maximum Gasteiger partial charge on any atom is 0.252 e. The topological polar surface area (TPSA) is 128 Å². The molecule has 1 unspecified atom stereocenters. The van der Waals surface area contributed by atoms with Crippen molar-refractivity contribution >= 4 is 23.2 Å². The molecule has 0 bridgehead atoms. The number of nitrogens with one attached hydrogen (secondary N) is 2. The molecule has 1 aromatic carbocycles. The number of pyridine rings is 2. The number of aromatic nitrogens is 2. The quantitative estimate of drug-likeness (QED) is 0.413.